The van der Waals surface area contributed by atoms with Gasteiger partial charge in [0.1, 0.15) is 5.69 Å². The molecule has 7 nitrogen and oxygen atoms in total. The second kappa shape index (κ2) is 8.87. The van der Waals surface area contributed by atoms with E-state index < -0.39 is 11.7 Å². The van der Waals surface area contributed by atoms with Gasteiger partial charge in [-0.3, -0.25) is 0 Å². The first kappa shape index (κ1) is 22.8. The highest BCUT2D eigenvalue weighted by atomic mass is 35.5. The maximum Gasteiger partial charge on any atom is 0.417 e. The van der Waals surface area contributed by atoms with Gasteiger partial charge in [-0.2, -0.15) is 18.2 Å². The fraction of sp³-hybridized carbons (Fsp3) is 0.211. The van der Waals surface area contributed by atoms with Gasteiger partial charge in [0, 0.05) is 36.1 Å². The van der Waals surface area contributed by atoms with Gasteiger partial charge in [-0.1, -0.05) is 40.0 Å². The molecule has 0 spiro atoms. The van der Waals surface area contributed by atoms with E-state index in [-0.39, 0.29) is 34.7 Å². The number of aromatic nitrogens is 4. The van der Waals surface area contributed by atoms with Crippen molar-refractivity contribution in [1.82, 2.24) is 24.8 Å². The number of benzene rings is 1. The molecule has 13 heteroatoms. The highest BCUT2D eigenvalue weighted by Gasteiger charge is 2.32. The molecule has 0 aliphatic heterocycles. The van der Waals surface area contributed by atoms with Crippen LogP contribution in [0.1, 0.15) is 11.1 Å². The van der Waals surface area contributed by atoms with Crippen LogP contribution in [0.3, 0.4) is 0 Å². The van der Waals surface area contributed by atoms with Gasteiger partial charge in [0.15, 0.2) is 5.65 Å². The number of rotatable bonds is 6. The summed E-state index contributed by atoms with van der Waals surface area (Å²) in [5.74, 6) is 0.0927. The number of aliphatic hydroxyl groups is 1. The Morgan fingerprint density at radius 2 is 1.81 bits per heavy atom. The lowest BCUT2D eigenvalue weighted by molar-refractivity contribution is -0.137. The molecular weight excluding hydrogens is 494 g/mol. The first-order valence-corrected chi connectivity index (χ1v) is 10.2. The molecule has 0 aliphatic carbocycles. The molecule has 0 aliphatic rings. The third-order valence-corrected chi connectivity index (χ3v) is 5.40. The number of halogens is 6. The van der Waals surface area contributed by atoms with Crippen LogP contribution in [0, 0.1) is 0 Å². The van der Waals surface area contributed by atoms with Crippen LogP contribution >= 0.6 is 34.8 Å². The first-order chi connectivity index (χ1) is 15.2. The lowest BCUT2D eigenvalue weighted by Gasteiger charge is -2.08. The Hall–Kier alpha value is -2.37. The first-order valence-electron chi connectivity index (χ1n) is 9.06. The second-order valence-electron chi connectivity index (χ2n) is 6.68. The summed E-state index contributed by atoms with van der Waals surface area (Å²) in [6.07, 6.45) is -2.39. The van der Waals surface area contributed by atoms with Crippen molar-refractivity contribution >= 4 is 40.4 Å². The topological polar surface area (TPSA) is 88.5 Å². The number of hydrogen-bond donors (Lipinski definition) is 2. The standard InChI is InChI=1S/C19H13Cl3F3N5O2/c20-12-5-11(13(21)3-9(12)6-26-1-2-31)16-28-18(32-29-16)15-8-30-7-10(19(23,24)25)4-14(22)17(30)27-15/h3-5,7-8,26,31H,1-2,6H2. The zero-order valence-corrected chi connectivity index (χ0v) is 18.2. The lowest BCUT2D eigenvalue weighted by atomic mass is 10.1. The summed E-state index contributed by atoms with van der Waals surface area (Å²) >= 11 is 18.6. The van der Waals surface area contributed by atoms with Crippen LogP contribution in [-0.4, -0.2) is 37.8 Å². The average Bonchev–Trinajstić information content (AvgIpc) is 3.37. The molecule has 32 heavy (non-hydrogen) atoms. The van der Waals surface area contributed by atoms with E-state index in [1.807, 2.05) is 0 Å². The number of hydrogen-bond acceptors (Lipinski definition) is 6. The molecule has 0 amide bonds. The quantitative estimate of drug-likeness (QED) is 0.353. The zero-order chi connectivity index (χ0) is 23.0. The molecule has 0 radical (unpaired) electrons. The molecule has 0 unspecified atom stereocenters. The summed E-state index contributed by atoms with van der Waals surface area (Å²) in [4.78, 5) is 8.43. The predicted molar refractivity (Wildman–Crippen MR) is 113 cm³/mol. The van der Waals surface area contributed by atoms with Gasteiger partial charge in [0.25, 0.3) is 5.89 Å². The van der Waals surface area contributed by atoms with Gasteiger partial charge in [-0.05, 0) is 23.8 Å². The molecular formula is C19H13Cl3F3N5O2. The van der Waals surface area contributed by atoms with Crippen molar-refractivity contribution in [3.8, 4) is 23.0 Å². The SMILES string of the molecule is OCCNCc1cc(Cl)c(-c2noc(-c3cn4cc(C(F)(F)F)cc(Cl)c4n3)n2)cc1Cl. The Morgan fingerprint density at radius 1 is 1.03 bits per heavy atom. The van der Waals surface area contributed by atoms with Crippen molar-refractivity contribution in [1.29, 1.82) is 0 Å². The minimum absolute atomic E-state index is 0.0130. The molecule has 4 rings (SSSR count). The van der Waals surface area contributed by atoms with Gasteiger partial charge in [0.05, 0.1) is 22.2 Å². The molecule has 3 aromatic heterocycles. The molecule has 1 aromatic carbocycles. The van der Waals surface area contributed by atoms with E-state index in [0.717, 1.165) is 16.7 Å². The Balaban J connectivity index is 1.66. The summed E-state index contributed by atoms with van der Waals surface area (Å²) in [5.41, 5.74) is 0.444. The van der Waals surface area contributed by atoms with E-state index in [2.05, 4.69) is 20.4 Å². The fourth-order valence-electron chi connectivity index (χ4n) is 2.95. The largest absolute Gasteiger partial charge is 0.417 e. The van der Waals surface area contributed by atoms with Crippen LogP contribution in [-0.2, 0) is 12.7 Å². The van der Waals surface area contributed by atoms with E-state index in [1.165, 1.54) is 6.20 Å². The summed E-state index contributed by atoms with van der Waals surface area (Å²) in [7, 11) is 0. The van der Waals surface area contributed by atoms with E-state index in [0.29, 0.717) is 34.3 Å². The van der Waals surface area contributed by atoms with Crippen LogP contribution in [0.25, 0.3) is 28.6 Å². The van der Waals surface area contributed by atoms with Crippen molar-refractivity contribution in [3.63, 3.8) is 0 Å². The monoisotopic (exact) mass is 505 g/mol. The number of pyridine rings is 1. The summed E-state index contributed by atoms with van der Waals surface area (Å²) in [6.45, 7) is 0.789. The van der Waals surface area contributed by atoms with Crippen LogP contribution in [0.5, 0.6) is 0 Å². The second-order valence-corrected chi connectivity index (χ2v) is 7.90. The minimum atomic E-state index is -4.56. The number of fused-ring (bicyclic) bond motifs is 1. The van der Waals surface area contributed by atoms with Crippen molar-refractivity contribution in [2.24, 2.45) is 0 Å². The van der Waals surface area contributed by atoms with E-state index in [4.69, 9.17) is 44.4 Å². The number of alkyl halides is 3. The van der Waals surface area contributed by atoms with Gasteiger partial charge < -0.3 is 19.3 Å². The molecule has 0 bridgehead atoms. The zero-order valence-electron chi connectivity index (χ0n) is 15.9. The molecule has 2 N–H and O–H groups in total. The van der Waals surface area contributed by atoms with Gasteiger partial charge >= 0.3 is 6.18 Å². The van der Waals surface area contributed by atoms with Crippen molar-refractivity contribution in [2.45, 2.75) is 12.7 Å². The number of nitrogens with one attached hydrogen (secondary N) is 1. The molecule has 168 valence electrons. The summed E-state index contributed by atoms with van der Waals surface area (Å²) in [6, 6.07) is 4.01. The van der Waals surface area contributed by atoms with Crippen LogP contribution < -0.4 is 5.32 Å². The predicted octanol–water partition coefficient (Wildman–Crippen LogP) is 5.11. The maximum absolute atomic E-state index is 13.0. The maximum atomic E-state index is 13.0. The van der Waals surface area contributed by atoms with Crippen molar-refractivity contribution < 1.29 is 22.8 Å². The Morgan fingerprint density at radius 3 is 2.53 bits per heavy atom. The molecule has 0 atom stereocenters. The third kappa shape index (κ3) is 4.55. The minimum Gasteiger partial charge on any atom is -0.395 e. The van der Waals surface area contributed by atoms with Crippen LogP contribution in [0.2, 0.25) is 15.1 Å². The third-order valence-electron chi connectivity index (χ3n) is 4.46. The fourth-order valence-corrected chi connectivity index (χ4v) is 3.71. The number of nitrogens with zero attached hydrogens (tertiary/aromatic N) is 4. The summed E-state index contributed by atoms with van der Waals surface area (Å²) < 4.78 is 45.5. The van der Waals surface area contributed by atoms with Crippen LogP contribution in [0.15, 0.2) is 35.1 Å². The van der Waals surface area contributed by atoms with E-state index in [9.17, 15) is 13.2 Å². The van der Waals surface area contributed by atoms with Gasteiger partial charge in [-0.15, -0.1) is 0 Å². The Kier molecular flexibility index (Phi) is 6.33. The molecule has 4 aromatic rings. The number of imidazole rings is 1. The van der Waals surface area contributed by atoms with E-state index in [1.54, 1.807) is 12.1 Å². The number of aliphatic hydroxyl groups excluding tert-OH is 1. The Bertz CT molecular complexity index is 1290. The van der Waals surface area contributed by atoms with Crippen LogP contribution in [0.4, 0.5) is 13.2 Å². The smallest absolute Gasteiger partial charge is 0.395 e. The summed E-state index contributed by atoms with van der Waals surface area (Å²) in [5, 5.41) is 16.3. The van der Waals surface area contributed by atoms with Gasteiger partial charge in [0.2, 0.25) is 5.82 Å². The normalized spacial score (nSPS) is 12.1. The van der Waals surface area contributed by atoms with Crippen molar-refractivity contribution in [2.75, 3.05) is 13.2 Å². The van der Waals surface area contributed by atoms with Crippen molar-refractivity contribution in [3.05, 3.63) is 56.8 Å². The Labute approximate surface area is 193 Å². The van der Waals surface area contributed by atoms with Gasteiger partial charge in [-0.25, -0.2) is 4.98 Å². The molecule has 0 saturated heterocycles. The molecule has 0 fully saturated rings. The molecule has 0 saturated carbocycles. The average molecular weight is 507 g/mol. The molecule has 3 heterocycles. The highest BCUT2D eigenvalue weighted by molar-refractivity contribution is 6.35. The lowest BCUT2D eigenvalue weighted by Crippen LogP contribution is -2.17. The van der Waals surface area contributed by atoms with E-state index >= 15 is 0 Å². The highest BCUT2D eigenvalue weighted by Crippen LogP contribution is 2.35.